The third-order valence-corrected chi connectivity index (χ3v) is 1.81. The van der Waals surface area contributed by atoms with Gasteiger partial charge in [0.2, 0.25) is 0 Å². The number of hydrogen-bond donors (Lipinski definition) is 0. The molecule has 0 amide bonds. The fourth-order valence-corrected chi connectivity index (χ4v) is 1.26. The molecule has 2 heterocycles. The summed E-state index contributed by atoms with van der Waals surface area (Å²) >= 11 is 0. The summed E-state index contributed by atoms with van der Waals surface area (Å²) in [5.74, 6) is 1.66. The summed E-state index contributed by atoms with van der Waals surface area (Å²) < 4.78 is 1.77. The van der Waals surface area contributed by atoms with Crippen molar-refractivity contribution in [2.45, 2.75) is 6.92 Å². The fraction of sp³-hybridized carbons (Fsp3) is 0.222. The first-order valence-electron chi connectivity index (χ1n) is 4.05. The van der Waals surface area contributed by atoms with Gasteiger partial charge in [0.05, 0.1) is 0 Å². The van der Waals surface area contributed by atoms with Crippen LogP contribution in [-0.2, 0) is 7.05 Å². The van der Waals surface area contributed by atoms with E-state index in [1.54, 1.807) is 17.1 Å². The molecule has 0 aliphatic heterocycles. The van der Waals surface area contributed by atoms with Crippen LogP contribution in [0.2, 0.25) is 0 Å². The second kappa shape index (κ2) is 2.97. The van der Waals surface area contributed by atoms with E-state index >= 15 is 0 Å². The summed E-state index contributed by atoms with van der Waals surface area (Å²) in [6.45, 7) is 1.88. The number of hydrogen-bond acceptors (Lipinski definition) is 3. The highest BCUT2D eigenvalue weighted by Gasteiger charge is 2.05. The van der Waals surface area contributed by atoms with Crippen molar-refractivity contribution in [3.8, 4) is 11.4 Å². The van der Waals surface area contributed by atoms with Crippen LogP contribution >= 0.6 is 0 Å². The minimum Gasteiger partial charge on any atom is -0.265 e. The summed E-state index contributed by atoms with van der Waals surface area (Å²) in [6, 6.07) is 3.84. The smallest absolute Gasteiger partial charge is 0.158 e. The highest BCUT2D eigenvalue weighted by molar-refractivity contribution is 5.53. The van der Waals surface area contributed by atoms with Crippen LogP contribution in [0.15, 0.2) is 24.5 Å². The van der Waals surface area contributed by atoms with Gasteiger partial charge in [0.25, 0.3) is 0 Å². The van der Waals surface area contributed by atoms with Crippen molar-refractivity contribution in [2.24, 2.45) is 7.05 Å². The van der Waals surface area contributed by atoms with Crippen molar-refractivity contribution >= 4 is 0 Å². The Kier molecular flexibility index (Phi) is 1.81. The van der Waals surface area contributed by atoms with Crippen LogP contribution in [0.5, 0.6) is 0 Å². The monoisotopic (exact) mass is 174 g/mol. The molecule has 0 aromatic carbocycles. The Bertz CT molecular complexity index is 405. The molecule has 66 valence electrons. The Morgan fingerprint density at radius 2 is 1.92 bits per heavy atom. The zero-order valence-electron chi connectivity index (χ0n) is 7.60. The SMILES string of the molecule is Cc1nc(-c2ccncc2)n(C)n1. The van der Waals surface area contributed by atoms with Gasteiger partial charge in [-0.25, -0.2) is 9.67 Å². The minimum absolute atomic E-state index is 0.786. The molecule has 2 aromatic rings. The summed E-state index contributed by atoms with van der Waals surface area (Å²) in [5.41, 5.74) is 1.04. The van der Waals surface area contributed by atoms with Gasteiger partial charge < -0.3 is 0 Å². The van der Waals surface area contributed by atoms with Crippen molar-refractivity contribution in [1.29, 1.82) is 0 Å². The van der Waals surface area contributed by atoms with Crippen LogP contribution in [-0.4, -0.2) is 19.7 Å². The van der Waals surface area contributed by atoms with Crippen LogP contribution in [0.1, 0.15) is 5.82 Å². The quantitative estimate of drug-likeness (QED) is 0.652. The Morgan fingerprint density at radius 1 is 1.23 bits per heavy atom. The molecule has 0 saturated carbocycles. The van der Waals surface area contributed by atoms with E-state index in [0.29, 0.717) is 0 Å². The predicted molar refractivity (Wildman–Crippen MR) is 49.0 cm³/mol. The first-order chi connectivity index (χ1) is 6.27. The molecule has 0 bridgehead atoms. The largest absolute Gasteiger partial charge is 0.265 e. The van der Waals surface area contributed by atoms with E-state index in [1.807, 2.05) is 26.1 Å². The van der Waals surface area contributed by atoms with Gasteiger partial charge in [0, 0.05) is 25.0 Å². The van der Waals surface area contributed by atoms with Gasteiger partial charge in [0.15, 0.2) is 5.82 Å². The zero-order valence-corrected chi connectivity index (χ0v) is 7.60. The van der Waals surface area contributed by atoms with Gasteiger partial charge in [-0.2, -0.15) is 5.10 Å². The van der Waals surface area contributed by atoms with Gasteiger partial charge in [-0.3, -0.25) is 4.98 Å². The standard InChI is InChI=1S/C9H10N4/c1-7-11-9(13(2)12-7)8-3-5-10-6-4-8/h3-6H,1-2H3. The predicted octanol–water partition coefficient (Wildman–Crippen LogP) is 1.19. The van der Waals surface area contributed by atoms with Gasteiger partial charge in [-0.05, 0) is 19.1 Å². The van der Waals surface area contributed by atoms with E-state index in [2.05, 4.69) is 15.1 Å². The molecule has 13 heavy (non-hydrogen) atoms. The number of aromatic nitrogens is 4. The maximum Gasteiger partial charge on any atom is 0.158 e. The molecular formula is C9H10N4. The fourth-order valence-electron chi connectivity index (χ4n) is 1.26. The van der Waals surface area contributed by atoms with Crippen LogP contribution in [0.3, 0.4) is 0 Å². The van der Waals surface area contributed by atoms with E-state index in [-0.39, 0.29) is 0 Å². The molecule has 0 aliphatic carbocycles. The van der Waals surface area contributed by atoms with Crippen LogP contribution in [0, 0.1) is 6.92 Å². The van der Waals surface area contributed by atoms with Crippen molar-refractivity contribution in [3.63, 3.8) is 0 Å². The second-order valence-corrected chi connectivity index (χ2v) is 2.84. The van der Waals surface area contributed by atoms with E-state index in [4.69, 9.17) is 0 Å². The van der Waals surface area contributed by atoms with Crippen LogP contribution < -0.4 is 0 Å². The zero-order chi connectivity index (χ0) is 9.26. The number of rotatable bonds is 1. The van der Waals surface area contributed by atoms with Gasteiger partial charge >= 0.3 is 0 Å². The molecule has 0 fully saturated rings. The summed E-state index contributed by atoms with van der Waals surface area (Å²) in [5, 5.41) is 4.17. The Labute approximate surface area is 76.3 Å². The molecular weight excluding hydrogens is 164 g/mol. The number of aryl methyl sites for hydroxylation is 2. The van der Waals surface area contributed by atoms with Crippen molar-refractivity contribution in [3.05, 3.63) is 30.4 Å². The Morgan fingerprint density at radius 3 is 2.46 bits per heavy atom. The van der Waals surface area contributed by atoms with Crippen LogP contribution in [0.25, 0.3) is 11.4 Å². The molecule has 0 radical (unpaired) electrons. The molecule has 0 N–H and O–H groups in total. The molecule has 0 unspecified atom stereocenters. The third kappa shape index (κ3) is 1.42. The highest BCUT2D eigenvalue weighted by Crippen LogP contribution is 2.14. The van der Waals surface area contributed by atoms with E-state index < -0.39 is 0 Å². The van der Waals surface area contributed by atoms with Crippen molar-refractivity contribution < 1.29 is 0 Å². The lowest BCUT2D eigenvalue weighted by Gasteiger charge is -1.97. The first kappa shape index (κ1) is 7.91. The molecule has 4 heteroatoms. The van der Waals surface area contributed by atoms with Crippen LogP contribution in [0.4, 0.5) is 0 Å². The Balaban J connectivity index is 2.53. The first-order valence-corrected chi connectivity index (χ1v) is 4.05. The summed E-state index contributed by atoms with van der Waals surface area (Å²) in [4.78, 5) is 8.25. The summed E-state index contributed by atoms with van der Waals surface area (Å²) in [6.07, 6.45) is 3.50. The normalized spacial score (nSPS) is 10.3. The number of pyridine rings is 1. The molecule has 4 nitrogen and oxygen atoms in total. The molecule has 0 spiro atoms. The minimum atomic E-state index is 0.786. The van der Waals surface area contributed by atoms with Crippen molar-refractivity contribution in [2.75, 3.05) is 0 Å². The summed E-state index contributed by atoms with van der Waals surface area (Å²) in [7, 11) is 1.88. The molecule has 0 saturated heterocycles. The average Bonchev–Trinajstić information content (AvgIpc) is 2.47. The lowest BCUT2D eigenvalue weighted by molar-refractivity contribution is 0.764. The lowest BCUT2D eigenvalue weighted by atomic mass is 10.2. The molecule has 0 aliphatic rings. The average molecular weight is 174 g/mol. The highest BCUT2D eigenvalue weighted by atomic mass is 15.3. The lowest BCUT2D eigenvalue weighted by Crippen LogP contribution is -1.94. The number of nitrogens with zero attached hydrogens (tertiary/aromatic N) is 4. The van der Waals surface area contributed by atoms with E-state index in [0.717, 1.165) is 17.2 Å². The molecule has 2 rings (SSSR count). The Hall–Kier alpha value is -1.71. The topological polar surface area (TPSA) is 43.6 Å². The maximum atomic E-state index is 4.30. The van der Waals surface area contributed by atoms with Crippen molar-refractivity contribution in [1.82, 2.24) is 19.7 Å². The second-order valence-electron chi connectivity index (χ2n) is 2.84. The van der Waals surface area contributed by atoms with E-state index in [9.17, 15) is 0 Å². The third-order valence-electron chi connectivity index (χ3n) is 1.81. The van der Waals surface area contributed by atoms with E-state index in [1.165, 1.54) is 0 Å². The molecule has 0 atom stereocenters. The molecule has 2 aromatic heterocycles. The van der Waals surface area contributed by atoms with Gasteiger partial charge in [-0.15, -0.1) is 0 Å². The van der Waals surface area contributed by atoms with Gasteiger partial charge in [0.1, 0.15) is 5.82 Å². The van der Waals surface area contributed by atoms with Gasteiger partial charge in [-0.1, -0.05) is 0 Å². The maximum absolute atomic E-state index is 4.30.